The number of furan rings is 1. The van der Waals surface area contributed by atoms with Gasteiger partial charge in [0, 0.05) is 15.6 Å². The molecule has 0 spiro atoms. The number of carbonyl (C=O) groups is 1. The Labute approximate surface area is 114 Å². The number of hydrogen-bond donors (Lipinski definition) is 0. The molecule has 4 heteroatoms. The minimum absolute atomic E-state index is 0.364. The molecule has 2 rings (SSSR count). The van der Waals surface area contributed by atoms with Crippen molar-refractivity contribution >= 4 is 21.9 Å². The van der Waals surface area contributed by atoms with Crippen LogP contribution in [0.3, 0.4) is 0 Å². The number of esters is 1. The van der Waals surface area contributed by atoms with E-state index in [0.29, 0.717) is 17.1 Å². The summed E-state index contributed by atoms with van der Waals surface area (Å²) in [6, 6.07) is 7.75. The van der Waals surface area contributed by atoms with E-state index in [1.807, 2.05) is 31.2 Å². The highest BCUT2D eigenvalue weighted by Crippen LogP contribution is 2.31. The van der Waals surface area contributed by atoms with E-state index in [1.54, 1.807) is 6.92 Å². The van der Waals surface area contributed by atoms with Crippen molar-refractivity contribution in [2.45, 2.75) is 13.8 Å². The quantitative estimate of drug-likeness (QED) is 0.784. The third-order valence-corrected chi connectivity index (χ3v) is 3.35. The van der Waals surface area contributed by atoms with Crippen molar-refractivity contribution in [3.05, 3.63) is 45.6 Å². The molecule has 0 bridgehead atoms. The number of hydrogen-bond acceptors (Lipinski definition) is 3. The molecule has 1 aromatic heterocycles. The maximum absolute atomic E-state index is 11.7. The Morgan fingerprint density at radius 3 is 2.39 bits per heavy atom. The first-order valence-corrected chi connectivity index (χ1v) is 6.28. The highest BCUT2D eigenvalue weighted by Gasteiger charge is 2.21. The van der Waals surface area contributed by atoms with Gasteiger partial charge in [0.05, 0.1) is 7.11 Å². The Balaban J connectivity index is 2.53. The van der Waals surface area contributed by atoms with Crippen molar-refractivity contribution in [1.29, 1.82) is 0 Å². The monoisotopic (exact) mass is 308 g/mol. The fraction of sp³-hybridized carbons (Fsp3) is 0.214. The Morgan fingerprint density at radius 1 is 1.22 bits per heavy atom. The van der Waals surface area contributed by atoms with Gasteiger partial charge < -0.3 is 9.15 Å². The Morgan fingerprint density at radius 2 is 1.83 bits per heavy atom. The average Bonchev–Trinajstić information content (AvgIpc) is 2.65. The SMILES string of the molecule is COC(=O)c1c(C)oc(-c2ccc(Br)cc2)c1C. The molecule has 2 aromatic rings. The number of halogens is 1. The van der Waals surface area contributed by atoms with Crippen molar-refractivity contribution in [3.63, 3.8) is 0 Å². The molecule has 0 aliphatic rings. The Hall–Kier alpha value is -1.55. The molecule has 1 heterocycles. The lowest BCUT2D eigenvalue weighted by Gasteiger charge is -2.00. The fourth-order valence-corrected chi connectivity index (χ4v) is 2.20. The van der Waals surface area contributed by atoms with Crippen LogP contribution >= 0.6 is 15.9 Å². The van der Waals surface area contributed by atoms with E-state index >= 15 is 0 Å². The highest BCUT2D eigenvalue weighted by atomic mass is 79.9. The van der Waals surface area contributed by atoms with Crippen LogP contribution in [0.1, 0.15) is 21.7 Å². The smallest absolute Gasteiger partial charge is 0.341 e. The van der Waals surface area contributed by atoms with Crippen LogP contribution in [0.4, 0.5) is 0 Å². The lowest BCUT2D eigenvalue weighted by Crippen LogP contribution is -2.03. The Bertz CT molecular complexity index is 582. The number of ether oxygens (including phenoxy) is 1. The van der Waals surface area contributed by atoms with E-state index in [1.165, 1.54) is 7.11 Å². The average molecular weight is 309 g/mol. The van der Waals surface area contributed by atoms with Crippen molar-refractivity contribution in [3.8, 4) is 11.3 Å². The second kappa shape index (κ2) is 4.98. The molecule has 0 radical (unpaired) electrons. The lowest BCUT2D eigenvalue weighted by atomic mass is 10.1. The van der Waals surface area contributed by atoms with Gasteiger partial charge in [0.15, 0.2) is 0 Å². The summed E-state index contributed by atoms with van der Waals surface area (Å²) in [5, 5.41) is 0. The van der Waals surface area contributed by atoms with Crippen LogP contribution < -0.4 is 0 Å². The van der Waals surface area contributed by atoms with Gasteiger partial charge in [-0.2, -0.15) is 0 Å². The minimum atomic E-state index is -0.364. The second-order valence-electron chi connectivity index (χ2n) is 3.99. The highest BCUT2D eigenvalue weighted by molar-refractivity contribution is 9.10. The van der Waals surface area contributed by atoms with Crippen LogP contribution in [0.15, 0.2) is 33.2 Å². The molecule has 1 aromatic carbocycles. The predicted octanol–water partition coefficient (Wildman–Crippen LogP) is 4.11. The largest absolute Gasteiger partial charge is 0.465 e. The summed E-state index contributed by atoms with van der Waals surface area (Å²) in [5.74, 6) is 0.926. The first kappa shape index (κ1) is 12.9. The van der Waals surface area contributed by atoms with E-state index in [9.17, 15) is 4.79 Å². The number of rotatable bonds is 2. The number of methoxy groups -OCH3 is 1. The normalized spacial score (nSPS) is 10.4. The van der Waals surface area contributed by atoms with Gasteiger partial charge in [0.25, 0.3) is 0 Å². The van der Waals surface area contributed by atoms with Gasteiger partial charge in [0.1, 0.15) is 17.1 Å². The zero-order valence-corrected chi connectivity index (χ0v) is 12.0. The predicted molar refractivity (Wildman–Crippen MR) is 72.7 cm³/mol. The van der Waals surface area contributed by atoms with E-state index in [4.69, 9.17) is 9.15 Å². The Kier molecular flexibility index (Phi) is 3.57. The van der Waals surface area contributed by atoms with Gasteiger partial charge in [-0.1, -0.05) is 28.1 Å². The molecule has 0 aliphatic heterocycles. The van der Waals surface area contributed by atoms with Crippen LogP contribution in [0.25, 0.3) is 11.3 Å². The van der Waals surface area contributed by atoms with Crippen LogP contribution in [0.5, 0.6) is 0 Å². The molecule has 0 fully saturated rings. The molecule has 94 valence electrons. The lowest BCUT2D eigenvalue weighted by molar-refractivity contribution is 0.0598. The molecule has 0 N–H and O–H groups in total. The second-order valence-corrected chi connectivity index (χ2v) is 4.90. The van der Waals surface area contributed by atoms with Crippen molar-refractivity contribution in [1.82, 2.24) is 0 Å². The molecular weight excluding hydrogens is 296 g/mol. The zero-order chi connectivity index (χ0) is 13.3. The third kappa shape index (κ3) is 2.20. The summed E-state index contributed by atoms with van der Waals surface area (Å²) in [6.45, 7) is 3.63. The molecule has 0 amide bonds. The molecule has 18 heavy (non-hydrogen) atoms. The maximum atomic E-state index is 11.7. The van der Waals surface area contributed by atoms with Crippen molar-refractivity contribution < 1.29 is 13.9 Å². The summed E-state index contributed by atoms with van der Waals surface area (Å²) in [7, 11) is 1.37. The molecule has 0 saturated heterocycles. The fourth-order valence-electron chi connectivity index (χ4n) is 1.93. The van der Waals surface area contributed by atoms with E-state index in [2.05, 4.69) is 15.9 Å². The van der Waals surface area contributed by atoms with Crippen LogP contribution in [-0.4, -0.2) is 13.1 Å². The van der Waals surface area contributed by atoms with Crippen molar-refractivity contribution in [2.75, 3.05) is 7.11 Å². The molecule has 3 nitrogen and oxygen atoms in total. The minimum Gasteiger partial charge on any atom is -0.465 e. The molecule has 0 saturated carbocycles. The number of aryl methyl sites for hydroxylation is 1. The summed E-state index contributed by atoms with van der Waals surface area (Å²) in [6.07, 6.45) is 0. The first-order chi connectivity index (χ1) is 8.54. The number of carbonyl (C=O) groups excluding carboxylic acids is 1. The topological polar surface area (TPSA) is 39.4 Å². The van der Waals surface area contributed by atoms with Crippen LogP contribution in [0.2, 0.25) is 0 Å². The van der Waals surface area contributed by atoms with Gasteiger partial charge in [-0.05, 0) is 26.0 Å². The van der Waals surface area contributed by atoms with Gasteiger partial charge >= 0.3 is 5.97 Å². The summed E-state index contributed by atoms with van der Waals surface area (Å²) in [5.41, 5.74) is 2.26. The van der Waals surface area contributed by atoms with Gasteiger partial charge in [-0.3, -0.25) is 0 Å². The molecule has 0 aliphatic carbocycles. The van der Waals surface area contributed by atoms with E-state index < -0.39 is 0 Å². The van der Waals surface area contributed by atoms with Crippen LogP contribution in [-0.2, 0) is 4.74 Å². The first-order valence-electron chi connectivity index (χ1n) is 5.49. The summed E-state index contributed by atoms with van der Waals surface area (Å²) in [4.78, 5) is 11.7. The summed E-state index contributed by atoms with van der Waals surface area (Å²) < 4.78 is 11.4. The van der Waals surface area contributed by atoms with Crippen molar-refractivity contribution in [2.24, 2.45) is 0 Å². The third-order valence-electron chi connectivity index (χ3n) is 2.82. The standard InChI is InChI=1S/C14H13BrO3/c1-8-12(14(16)17-3)9(2)18-13(8)10-4-6-11(15)7-5-10/h4-7H,1-3H3. The zero-order valence-electron chi connectivity index (χ0n) is 10.4. The van der Waals surface area contributed by atoms with E-state index in [0.717, 1.165) is 15.6 Å². The van der Waals surface area contributed by atoms with Gasteiger partial charge in [-0.15, -0.1) is 0 Å². The molecular formula is C14H13BrO3. The van der Waals surface area contributed by atoms with E-state index in [-0.39, 0.29) is 5.97 Å². The molecule has 0 atom stereocenters. The number of benzene rings is 1. The molecule has 0 unspecified atom stereocenters. The summed E-state index contributed by atoms with van der Waals surface area (Å²) >= 11 is 3.39. The van der Waals surface area contributed by atoms with Gasteiger partial charge in [-0.25, -0.2) is 4.79 Å². The maximum Gasteiger partial charge on any atom is 0.341 e. The van der Waals surface area contributed by atoms with Gasteiger partial charge in [0.2, 0.25) is 0 Å². The van der Waals surface area contributed by atoms with Crippen LogP contribution in [0, 0.1) is 13.8 Å².